The smallest absolute Gasteiger partial charge is 0.409 e. The van der Waals surface area contributed by atoms with Crippen molar-refractivity contribution in [1.29, 1.82) is 0 Å². The van der Waals surface area contributed by atoms with Gasteiger partial charge >= 0.3 is 12.1 Å². The molecule has 13 nitrogen and oxygen atoms in total. The first kappa shape index (κ1) is 32.1. The lowest BCUT2D eigenvalue weighted by molar-refractivity contribution is -0.138. The number of ketones is 1. The molecule has 228 valence electrons. The lowest BCUT2D eigenvalue weighted by Crippen LogP contribution is -2.56. The van der Waals surface area contributed by atoms with Gasteiger partial charge in [0.15, 0.2) is 11.5 Å². The van der Waals surface area contributed by atoms with Crippen molar-refractivity contribution in [2.75, 3.05) is 39.4 Å². The zero-order chi connectivity index (χ0) is 30.9. The highest BCUT2D eigenvalue weighted by Crippen LogP contribution is 2.22. The summed E-state index contributed by atoms with van der Waals surface area (Å²) in [4.78, 5) is 65.6. The molecule has 1 fully saturated rings. The Morgan fingerprint density at radius 1 is 1.02 bits per heavy atom. The molecule has 0 radical (unpaired) electrons. The monoisotopic (exact) mass is 585 g/mol. The summed E-state index contributed by atoms with van der Waals surface area (Å²) in [5, 5.41) is 16.2. The average molecular weight is 586 g/mol. The molecule has 2 heterocycles. The number of carboxylic acids is 1. The first-order chi connectivity index (χ1) is 19.9. The van der Waals surface area contributed by atoms with Gasteiger partial charge < -0.3 is 29.7 Å². The van der Waals surface area contributed by atoms with Gasteiger partial charge in [0.1, 0.15) is 12.6 Å². The number of aromatic nitrogens is 2. The molecule has 2 N–H and O–H groups in total. The number of carbonyl (C=O) groups is 5. The van der Waals surface area contributed by atoms with E-state index in [0.29, 0.717) is 18.7 Å². The van der Waals surface area contributed by atoms with E-state index in [9.17, 15) is 29.1 Å². The van der Waals surface area contributed by atoms with Gasteiger partial charge in [-0.2, -0.15) is 5.10 Å². The molecule has 2 aromatic rings. The predicted octanol–water partition coefficient (Wildman–Crippen LogP) is 2.52. The van der Waals surface area contributed by atoms with E-state index in [-0.39, 0.29) is 63.0 Å². The van der Waals surface area contributed by atoms with Crippen LogP contribution in [0.1, 0.15) is 57.4 Å². The molecule has 1 unspecified atom stereocenters. The Labute approximate surface area is 244 Å². The number of rotatable bonds is 12. The van der Waals surface area contributed by atoms with E-state index in [1.54, 1.807) is 45.0 Å². The van der Waals surface area contributed by atoms with Crippen LogP contribution in [0.15, 0.2) is 36.4 Å². The minimum atomic E-state index is -1.14. The maximum Gasteiger partial charge on any atom is 0.409 e. The van der Waals surface area contributed by atoms with Crippen molar-refractivity contribution in [3.63, 3.8) is 0 Å². The summed E-state index contributed by atoms with van der Waals surface area (Å²) in [6.45, 7) is 8.22. The number of ether oxygens (including phenoxy) is 2. The third-order valence-electron chi connectivity index (χ3n) is 6.63. The van der Waals surface area contributed by atoms with Crippen LogP contribution in [0, 0.1) is 5.41 Å². The van der Waals surface area contributed by atoms with E-state index in [0.717, 1.165) is 0 Å². The van der Waals surface area contributed by atoms with Crippen LogP contribution in [-0.2, 0) is 19.1 Å². The fourth-order valence-corrected chi connectivity index (χ4v) is 4.06. The Hall–Kier alpha value is -4.42. The number of carboxylic acid groups (broad SMARTS) is 1. The first-order valence-corrected chi connectivity index (χ1v) is 14.0. The summed E-state index contributed by atoms with van der Waals surface area (Å²) in [7, 11) is 0. The number of hydrogen-bond donors (Lipinski definition) is 2. The highest BCUT2D eigenvalue weighted by Gasteiger charge is 2.32. The van der Waals surface area contributed by atoms with Crippen LogP contribution in [0.25, 0.3) is 5.69 Å². The highest BCUT2D eigenvalue weighted by molar-refractivity contribution is 5.96. The number of amides is 3. The quantitative estimate of drug-likeness (QED) is 0.381. The van der Waals surface area contributed by atoms with Crippen LogP contribution in [0.5, 0.6) is 5.88 Å². The van der Waals surface area contributed by atoms with Crippen LogP contribution in [0.2, 0.25) is 0 Å². The van der Waals surface area contributed by atoms with Crippen molar-refractivity contribution in [3.05, 3.63) is 42.1 Å². The van der Waals surface area contributed by atoms with E-state index >= 15 is 0 Å². The van der Waals surface area contributed by atoms with Crippen LogP contribution in [-0.4, -0.2) is 99.8 Å². The van der Waals surface area contributed by atoms with Crippen molar-refractivity contribution >= 4 is 29.7 Å². The molecular weight excluding hydrogens is 546 g/mol. The molecule has 42 heavy (non-hydrogen) atoms. The number of hydrogen-bond acceptors (Lipinski definition) is 8. The Kier molecular flexibility index (Phi) is 11.1. The van der Waals surface area contributed by atoms with Crippen LogP contribution < -0.4 is 10.1 Å². The van der Waals surface area contributed by atoms with E-state index in [4.69, 9.17) is 9.47 Å². The molecule has 0 bridgehead atoms. The number of carbonyl (C=O) groups excluding carboxylic acids is 4. The Morgan fingerprint density at radius 3 is 2.26 bits per heavy atom. The van der Waals surface area contributed by atoms with Gasteiger partial charge in [-0.05, 0) is 25.0 Å². The molecule has 1 aliphatic rings. The number of para-hydroxylation sites is 1. The second-order valence-electron chi connectivity index (χ2n) is 11.0. The maximum absolute atomic E-state index is 13.4. The lowest BCUT2D eigenvalue weighted by Gasteiger charge is -2.36. The van der Waals surface area contributed by atoms with Crippen molar-refractivity contribution in [3.8, 4) is 11.6 Å². The Morgan fingerprint density at radius 2 is 1.67 bits per heavy atom. The van der Waals surface area contributed by atoms with Crippen LogP contribution in [0.3, 0.4) is 0 Å². The predicted molar refractivity (Wildman–Crippen MR) is 151 cm³/mol. The standard InChI is InChI=1S/C29H39N5O8/c1-5-17-41-28(40)33-15-13-32(14-16-33)27(39)21(11-12-25(36)37)30-26(38)22-18-24(42-19-23(35)29(2,3)4)34(31-22)20-9-7-6-8-10-20/h6-10,18,21H,5,11-17,19H2,1-4H3,(H,30,38)(H,36,37). The van der Waals surface area contributed by atoms with Gasteiger partial charge in [0, 0.05) is 44.1 Å². The minimum Gasteiger partial charge on any atom is -0.481 e. The Bertz CT molecular complexity index is 1260. The van der Waals surface area contributed by atoms with Crippen molar-refractivity contribution in [2.24, 2.45) is 5.41 Å². The molecule has 1 saturated heterocycles. The molecule has 1 aromatic carbocycles. The maximum atomic E-state index is 13.4. The summed E-state index contributed by atoms with van der Waals surface area (Å²) in [6, 6.07) is 9.12. The number of benzene rings is 1. The van der Waals surface area contributed by atoms with E-state index in [2.05, 4.69) is 10.4 Å². The normalized spacial score (nSPS) is 14.2. The zero-order valence-electron chi connectivity index (χ0n) is 24.5. The van der Waals surface area contributed by atoms with Crippen LogP contribution >= 0.6 is 0 Å². The first-order valence-electron chi connectivity index (χ1n) is 14.0. The molecule has 3 rings (SSSR count). The fourth-order valence-electron chi connectivity index (χ4n) is 4.06. The number of nitrogens with one attached hydrogen (secondary N) is 1. The van der Waals surface area contributed by atoms with Gasteiger partial charge in [-0.1, -0.05) is 45.9 Å². The van der Waals surface area contributed by atoms with Crippen LogP contribution in [0.4, 0.5) is 4.79 Å². The number of nitrogens with zero attached hydrogens (tertiary/aromatic N) is 4. The summed E-state index contributed by atoms with van der Waals surface area (Å²) in [5.74, 6) is -2.27. The fraction of sp³-hybridized carbons (Fsp3) is 0.517. The molecule has 13 heteroatoms. The molecule has 1 aromatic heterocycles. The van der Waals surface area contributed by atoms with Gasteiger partial charge in [0.05, 0.1) is 12.3 Å². The molecule has 3 amide bonds. The second-order valence-corrected chi connectivity index (χ2v) is 11.0. The van der Waals surface area contributed by atoms with Crippen molar-refractivity contribution in [1.82, 2.24) is 24.9 Å². The SMILES string of the molecule is CCCOC(=O)N1CCN(C(=O)C(CCC(=O)O)NC(=O)c2cc(OCC(=O)C(C)(C)C)n(-c3ccccc3)n2)CC1. The third kappa shape index (κ3) is 8.79. The topological polar surface area (TPSA) is 160 Å². The minimum absolute atomic E-state index is 0.0753. The largest absolute Gasteiger partial charge is 0.481 e. The summed E-state index contributed by atoms with van der Waals surface area (Å²) in [6.07, 6.45) is -0.235. The summed E-state index contributed by atoms with van der Waals surface area (Å²) >= 11 is 0. The molecule has 0 saturated carbocycles. The van der Waals surface area contributed by atoms with Gasteiger partial charge in [0.2, 0.25) is 11.8 Å². The van der Waals surface area contributed by atoms with Crippen molar-refractivity contribution < 1.29 is 38.6 Å². The third-order valence-corrected chi connectivity index (χ3v) is 6.63. The lowest BCUT2D eigenvalue weighted by atomic mass is 9.91. The van der Waals surface area contributed by atoms with E-state index in [1.807, 2.05) is 13.0 Å². The van der Waals surface area contributed by atoms with Crippen molar-refractivity contribution in [2.45, 2.75) is 53.0 Å². The molecule has 1 atom stereocenters. The zero-order valence-corrected chi connectivity index (χ0v) is 24.5. The molecule has 0 spiro atoms. The second kappa shape index (κ2) is 14.5. The van der Waals surface area contributed by atoms with E-state index in [1.165, 1.54) is 20.5 Å². The summed E-state index contributed by atoms with van der Waals surface area (Å²) in [5.41, 5.74) is -0.117. The van der Waals surface area contributed by atoms with Gasteiger partial charge in [-0.15, -0.1) is 0 Å². The summed E-state index contributed by atoms with van der Waals surface area (Å²) < 4.78 is 12.3. The molecular formula is C29H39N5O8. The number of Topliss-reactive ketones (excluding diaryl/α,β-unsaturated/α-hetero) is 1. The number of piperazine rings is 1. The molecule has 0 aliphatic carbocycles. The number of aliphatic carboxylic acids is 1. The van der Waals surface area contributed by atoms with E-state index < -0.39 is 35.3 Å². The highest BCUT2D eigenvalue weighted by atomic mass is 16.6. The Balaban J connectivity index is 1.76. The van der Waals surface area contributed by atoms with Gasteiger partial charge in [-0.25, -0.2) is 9.48 Å². The van der Waals surface area contributed by atoms with Gasteiger partial charge in [-0.3, -0.25) is 19.2 Å². The molecule has 1 aliphatic heterocycles. The average Bonchev–Trinajstić information content (AvgIpc) is 3.40. The van der Waals surface area contributed by atoms with Gasteiger partial charge in [0.25, 0.3) is 5.91 Å².